The summed E-state index contributed by atoms with van der Waals surface area (Å²) in [5, 5.41) is 4.68. The first-order chi connectivity index (χ1) is 10.3. The van der Waals surface area contributed by atoms with E-state index in [9.17, 15) is 22.4 Å². The van der Waals surface area contributed by atoms with Crippen molar-refractivity contribution in [2.45, 2.75) is 25.6 Å². The second-order valence-electron chi connectivity index (χ2n) is 4.43. The Balaban J connectivity index is 2.36. The number of halogens is 4. The molecule has 0 atom stereocenters. The van der Waals surface area contributed by atoms with E-state index < -0.39 is 25.5 Å². The van der Waals surface area contributed by atoms with Crippen molar-refractivity contribution in [3.63, 3.8) is 0 Å². The molecule has 0 unspecified atom stereocenters. The molecule has 1 aromatic carbocycles. The van der Waals surface area contributed by atoms with Gasteiger partial charge in [0.05, 0.1) is 0 Å². The zero-order valence-electron chi connectivity index (χ0n) is 11.7. The average molecular weight is 320 g/mol. The highest BCUT2D eigenvalue weighted by Gasteiger charge is 2.26. The first-order valence-electron chi connectivity index (χ1n) is 6.37. The van der Waals surface area contributed by atoms with Crippen LogP contribution in [0.4, 0.5) is 22.4 Å². The minimum atomic E-state index is -4.29. The summed E-state index contributed by atoms with van der Waals surface area (Å²) in [6, 6.07) is 5.75. The number of hydrogen-bond acceptors (Lipinski definition) is 2. The average Bonchev–Trinajstić information content (AvgIpc) is 2.43. The Morgan fingerprint density at radius 2 is 2.05 bits per heavy atom. The summed E-state index contributed by atoms with van der Waals surface area (Å²) < 4.78 is 52.7. The molecule has 2 N–H and O–H groups in total. The normalized spacial score (nSPS) is 10.9. The number of carbonyl (C=O) groups excluding carboxylic acids is 1. The van der Waals surface area contributed by atoms with E-state index in [1.165, 1.54) is 0 Å². The van der Waals surface area contributed by atoms with Gasteiger partial charge in [-0.1, -0.05) is 18.7 Å². The van der Waals surface area contributed by atoms with Crippen molar-refractivity contribution >= 4 is 6.03 Å². The number of hydrogen-bond donors (Lipinski definition) is 2. The molecule has 0 fully saturated rings. The Morgan fingerprint density at radius 3 is 2.68 bits per heavy atom. The number of rotatable bonds is 7. The fraction of sp³-hybridized carbons (Fsp3) is 0.357. The summed E-state index contributed by atoms with van der Waals surface area (Å²) in [7, 11) is 0. The van der Waals surface area contributed by atoms with Crippen LogP contribution in [0.3, 0.4) is 0 Å². The number of nitrogens with one attached hydrogen (secondary N) is 2. The molecule has 1 aromatic rings. The highest BCUT2D eigenvalue weighted by molar-refractivity contribution is 5.75. The van der Waals surface area contributed by atoms with E-state index >= 15 is 0 Å². The van der Waals surface area contributed by atoms with Crippen molar-refractivity contribution < 1.29 is 27.1 Å². The van der Waals surface area contributed by atoms with Gasteiger partial charge >= 0.3 is 12.2 Å². The van der Waals surface area contributed by atoms with Gasteiger partial charge in [0.25, 0.3) is 0 Å². The van der Waals surface area contributed by atoms with Gasteiger partial charge in [-0.05, 0) is 24.1 Å². The fourth-order valence-corrected chi connectivity index (χ4v) is 1.55. The third-order valence-corrected chi connectivity index (χ3v) is 2.57. The lowest BCUT2D eigenvalue weighted by Crippen LogP contribution is -2.34. The van der Waals surface area contributed by atoms with Crippen molar-refractivity contribution in [3.8, 4) is 5.75 Å². The van der Waals surface area contributed by atoms with Crippen LogP contribution in [0, 0.1) is 0 Å². The maximum absolute atomic E-state index is 12.0. The molecule has 0 aromatic heterocycles. The second-order valence-corrected chi connectivity index (χ2v) is 4.43. The third kappa shape index (κ3) is 7.51. The van der Waals surface area contributed by atoms with Gasteiger partial charge in [0, 0.05) is 18.7 Å². The lowest BCUT2D eigenvalue weighted by atomic mass is 10.2. The minimum Gasteiger partial charge on any atom is -0.463 e. The number of allylic oxidation sites excluding steroid dienone is 1. The van der Waals surface area contributed by atoms with Crippen molar-refractivity contribution in [2.24, 2.45) is 0 Å². The smallest absolute Gasteiger partial charge is 0.389 e. The summed E-state index contributed by atoms with van der Waals surface area (Å²) in [4.78, 5) is 11.5. The van der Waals surface area contributed by atoms with Crippen LogP contribution in [-0.4, -0.2) is 19.1 Å². The van der Waals surface area contributed by atoms with E-state index in [0.29, 0.717) is 11.3 Å². The molecule has 1 rings (SSSR count). The predicted molar refractivity (Wildman–Crippen MR) is 72.8 cm³/mol. The minimum absolute atomic E-state index is 0.0238. The molecule has 0 saturated carbocycles. The van der Waals surface area contributed by atoms with E-state index in [0.717, 1.165) is 0 Å². The first-order valence-corrected chi connectivity index (χ1v) is 6.37. The molecule has 0 radical (unpaired) electrons. The molecule has 22 heavy (non-hydrogen) atoms. The molecule has 8 heteroatoms. The molecular weight excluding hydrogens is 304 g/mol. The van der Waals surface area contributed by atoms with Gasteiger partial charge < -0.3 is 15.4 Å². The zero-order chi connectivity index (χ0) is 16.6. The van der Waals surface area contributed by atoms with Crippen LogP contribution in [0.2, 0.25) is 0 Å². The van der Waals surface area contributed by atoms with Gasteiger partial charge in [-0.15, -0.1) is 0 Å². The van der Waals surface area contributed by atoms with Crippen molar-refractivity contribution in [1.29, 1.82) is 0 Å². The molecule has 2 amide bonds. The summed E-state index contributed by atoms with van der Waals surface area (Å²) in [6.45, 7) is 2.51. The molecule has 0 heterocycles. The van der Waals surface area contributed by atoms with E-state index in [1.54, 1.807) is 24.3 Å². The van der Waals surface area contributed by atoms with Gasteiger partial charge in [0.15, 0.2) is 0 Å². The third-order valence-electron chi connectivity index (χ3n) is 2.57. The second kappa shape index (κ2) is 8.26. The molecule has 0 aliphatic heterocycles. The highest BCUT2D eigenvalue weighted by atomic mass is 19.4. The fourth-order valence-electron chi connectivity index (χ4n) is 1.55. The number of carbonyl (C=O) groups is 1. The van der Waals surface area contributed by atoms with Crippen LogP contribution < -0.4 is 15.4 Å². The number of amides is 2. The van der Waals surface area contributed by atoms with E-state index in [4.69, 9.17) is 0 Å². The Labute approximate surface area is 125 Å². The van der Waals surface area contributed by atoms with Crippen LogP contribution >= 0.6 is 0 Å². The Morgan fingerprint density at radius 1 is 1.32 bits per heavy atom. The molecule has 0 saturated heterocycles. The number of benzene rings is 1. The molecule has 4 nitrogen and oxygen atoms in total. The summed E-state index contributed by atoms with van der Waals surface area (Å²) in [5.74, 6) is 0.316. The van der Waals surface area contributed by atoms with Crippen LogP contribution in [0.25, 0.3) is 0 Å². The molecule has 0 aliphatic carbocycles. The van der Waals surface area contributed by atoms with Gasteiger partial charge in [-0.2, -0.15) is 13.2 Å². The maximum Gasteiger partial charge on any atom is 0.389 e. The number of ether oxygens (including phenoxy) is 1. The van der Waals surface area contributed by atoms with Crippen molar-refractivity contribution in [3.05, 3.63) is 42.1 Å². The van der Waals surface area contributed by atoms with Crippen LogP contribution in [0.15, 0.2) is 36.5 Å². The lowest BCUT2D eigenvalue weighted by molar-refractivity contribution is -0.134. The molecule has 0 aliphatic rings. The Kier molecular flexibility index (Phi) is 6.68. The molecule has 0 bridgehead atoms. The Bertz CT molecular complexity index is 518. The summed E-state index contributed by atoms with van der Waals surface area (Å²) >= 11 is 0. The lowest BCUT2D eigenvalue weighted by Gasteiger charge is -2.11. The monoisotopic (exact) mass is 320 g/mol. The van der Waals surface area contributed by atoms with Gasteiger partial charge in [-0.25, -0.2) is 9.18 Å². The van der Waals surface area contributed by atoms with E-state index in [1.807, 2.05) is 0 Å². The van der Waals surface area contributed by atoms with Crippen molar-refractivity contribution in [2.75, 3.05) is 6.86 Å². The van der Waals surface area contributed by atoms with E-state index in [-0.39, 0.29) is 18.7 Å². The highest BCUT2D eigenvalue weighted by Crippen LogP contribution is 2.22. The van der Waals surface area contributed by atoms with Gasteiger partial charge in [-0.3, -0.25) is 0 Å². The summed E-state index contributed by atoms with van der Waals surface area (Å²) in [5.41, 5.74) is 0.631. The van der Waals surface area contributed by atoms with Crippen molar-refractivity contribution in [1.82, 2.24) is 10.6 Å². The zero-order valence-corrected chi connectivity index (χ0v) is 11.7. The van der Waals surface area contributed by atoms with Crippen LogP contribution in [-0.2, 0) is 6.54 Å². The van der Waals surface area contributed by atoms with Gasteiger partial charge in [0.1, 0.15) is 5.75 Å². The van der Waals surface area contributed by atoms with Crippen LogP contribution in [0.5, 0.6) is 5.75 Å². The number of alkyl halides is 4. The quantitative estimate of drug-likeness (QED) is 0.754. The molecular formula is C14H16F4N2O2. The largest absolute Gasteiger partial charge is 0.463 e. The SMILES string of the molecule is C=C(CCC(F)(F)F)NC(=O)NCc1cccc(OCF)c1. The van der Waals surface area contributed by atoms with Crippen LogP contribution in [0.1, 0.15) is 18.4 Å². The van der Waals surface area contributed by atoms with E-state index in [2.05, 4.69) is 21.9 Å². The number of urea groups is 1. The topological polar surface area (TPSA) is 50.4 Å². The molecule has 122 valence electrons. The van der Waals surface area contributed by atoms with Gasteiger partial charge in [0.2, 0.25) is 6.86 Å². The molecule has 0 spiro atoms. The maximum atomic E-state index is 12.0. The first kappa shape index (κ1) is 17.8. The predicted octanol–water partition coefficient (Wildman–Crippen LogP) is 3.65. The standard InChI is InChI=1S/C14H16F4N2O2/c1-10(5-6-14(16,17)18)20-13(21)19-8-11-3-2-4-12(7-11)22-9-15/h2-4,7H,1,5-6,8-9H2,(H2,19,20,21). The summed E-state index contributed by atoms with van der Waals surface area (Å²) in [6.07, 6.45) is -5.72. The Hall–Kier alpha value is -2.25.